The fourth-order valence-electron chi connectivity index (χ4n) is 3.73. The monoisotopic (exact) mass is 471 g/mol. The van der Waals surface area contributed by atoms with E-state index in [2.05, 4.69) is 4.98 Å². The molecule has 1 unspecified atom stereocenters. The molecule has 1 fully saturated rings. The molecule has 32 heavy (non-hydrogen) atoms. The Morgan fingerprint density at radius 2 is 2.06 bits per heavy atom. The molecule has 0 N–H and O–H groups in total. The van der Waals surface area contributed by atoms with Gasteiger partial charge in [-0.3, -0.25) is 14.2 Å². The van der Waals surface area contributed by atoms with E-state index in [1.807, 2.05) is 31.2 Å². The molecular formula is C24H26ClN3O3S. The number of hydrogen-bond donors (Lipinski definition) is 0. The van der Waals surface area contributed by atoms with Crippen LogP contribution in [0.2, 0.25) is 5.02 Å². The lowest BCUT2D eigenvalue weighted by Gasteiger charge is -2.19. The summed E-state index contributed by atoms with van der Waals surface area (Å²) in [6, 6.07) is 13.2. The Morgan fingerprint density at radius 1 is 1.28 bits per heavy atom. The van der Waals surface area contributed by atoms with Gasteiger partial charge in [-0.05, 0) is 43.5 Å². The smallest absolute Gasteiger partial charge is 0.262 e. The number of hydrogen-bond acceptors (Lipinski definition) is 5. The molecule has 0 saturated carbocycles. The maximum Gasteiger partial charge on any atom is 0.262 e. The van der Waals surface area contributed by atoms with E-state index in [-0.39, 0.29) is 23.3 Å². The Balaban J connectivity index is 1.54. The molecule has 0 aliphatic carbocycles. The molecule has 3 aromatic rings. The van der Waals surface area contributed by atoms with Gasteiger partial charge in [-0.25, -0.2) is 4.98 Å². The highest BCUT2D eigenvalue weighted by Gasteiger charge is 2.21. The number of halogens is 1. The van der Waals surface area contributed by atoms with Crippen molar-refractivity contribution in [2.24, 2.45) is 0 Å². The van der Waals surface area contributed by atoms with E-state index < -0.39 is 0 Å². The fourth-order valence-corrected chi connectivity index (χ4v) is 4.84. The lowest BCUT2D eigenvalue weighted by Crippen LogP contribution is -2.30. The molecule has 1 saturated heterocycles. The number of carbonyl (C=O) groups excluding carboxylic acids is 1. The third kappa shape index (κ3) is 5.34. The number of nitrogens with zero attached hydrogens (tertiary/aromatic N) is 3. The van der Waals surface area contributed by atoms with Crippen LogP contribution in [0.5, 0.6) is 0 Å². The number of aromatic nitrogens is 2. The van der Waals surface area contributed by atoms with E-state index in [0.717, 1.165) is 18.4 Å². The molecule has 1 atom stereocenters. The van der Waals surface area contributed by atoms with Gasteiger partial charge in [0.1, 0.15) is 0 Å². The number of thioether (sulfide) groups is 1. The lowest BCUT2D eigenvalue weighted by molar-refractivity contribution is -0.127. The normalized spacial score (nSPS) is 15.9. The number of carbonyl (C=O) groups is 1. The molecule has 8 heteroatoms. The highest BCUT2D eigenvalue weighted by atomic mass is 35.5. The van der Waals surface area contributed by atoms with E-state index in [4.69, 9.17) is 16.3 Å². The van der Waals surface area contributed by atoms with Crippen LogP contribution in [-0.2, 0) is 22.6 Å². The second kappa shape index (κ2) is 10.1. The summed E-state index contributed by atoms with van der Waals surface area (Å²) in [4.78, 5) is 32.4. The number of aryl methyl sites for hydroxylation is 1. The molecule has 4 rings (SSSR count). The molecule has 1 aromatic heterocycles. The van der Waals surface area contributed by atoms with Gasteiger partial charge in [-0.1, -0.05) is 53.2 Å². The van der Waals surface area contributed by atoms with Crippen molar-refractivity contribution in [3.63, 3.8) is 0 Å². The first-order chi connectivity index (χ1) is 15.4. The second-order valence-electron chi connectivity index (χ2n) is 8.13. The van der Waals surface area contributed by atoms with Gasteiger partial charge in [-0.15, -0.1) is 0 Å². The van der Waals surface area contributed by atoms with Crippen LogP contribution in [-0.4, -0.2) is 45.9 Å². The van der Waals surface area contributed by atoms with E-state index in [1.165, 1.54) is 17.3 Å². The predicted octanol–water partition coefficient (Wildman–Crippen LogP) is 4.29. The summed E-state index contributed by atoms with van der Waals surface area (Å²) >= 11 is 7.40. The average molecular weight is 472 g/mol. The molecule has 0 radical (unpaired) electrons. The van der Waals surface area contributed by atoms with Gasteiger partial charge < -0.3 is 9.64 Å². The molecule has 0 spiro atoms. The van der Waals surface area contributed by atoms with Crippen LogP contribution in [0.15, 0.2) is 52.4 Å². The molecule has 0 bridgehead atoms. The zero-order valence-corrected chi connectivity index (χ0v) is 19.8. The molecule has 1 amide bonds. The van der Waals surface area contributed by atoms with E-state index in [1.54, 1.807) is 34.7 Å². The van der Waals surface area contributed by atoms with Crippen LogP contribution in [0.4, 0.5) is 0 Å². The molecule has 2 heterocycles. The summed E-state index contributed by atoms with van der Waals surface area (Å²) in [5, 5.41) is 1.54. The lowest BCUT2D eigenvalue weighted by atomic mass is 10.1. The molecule has 6 nitrogen and oxygen atoms in total. The number of ether oxygens (including phenoxy) is 1. The van der Waals surface area contributed by atoms with Crippen LogP contribution in [0.3, 0.4) is 0 Å². The standard InChI is InChI=1S/C24H26ClN3O3S/c1-16-5-7-17(8-6-16)13-27(2)22(29)15-32-24-26-21-12-18(25)9-10-20(21)23(30)28(24)14-19-4-3-11-31-19/h5-10,12,19H,3-4,11,13-15H2,1-2H3. The number of fused-ring (bicyclic) bond motifs is 1. The Hall–Kier alpha value is -2.35. The predicted molar refractivity (Wildman–Crippen MR) is 128 cm³/mol. The maximum absolute atomic E-state index is 13.2. The van der Waals surface area contributed by atoms with E-state index in [9.17, 15) is 9.59 Å². The van der Waals surface area contributed by atoms with Gasteiger partial charge in [-0.2, -0.15) is 0 Å². The Kier molecular flexibility index (Phi) is 7.18. The molecular weight excluding hydrogens is 446 g/mol. The van der Waals surface area contributed by atoms with Crippen LogP contribution < -0.4 is 5.56 Å². The Morgan fingerprint density at radius 3 is 2.78 bits per heavy atom. The SMILES string of the molecule is Cc1ccc(CN(C)C(=O)CSc2nc3cc(Cl)ccc3c(=O)n2CC2CCCO2)cc1. The summed E-state index contributed by atoms with van der Waals surface area (Å²) in [7, 11) is 1.79. The van der Waals surface area contributed by atoms with Crippen molar-refractivity contribution in [2.75, 3.05) is 19.4 Å². The van der Waals surface area contributed by atoms with Gasteiger partial charge in [0.2, 0.25) is 5.91 Å². The van der Waals surface area contributed by atoms with Crippen molar-refractivity contribution in [2.45, 2.75) is 44.1 Å². The first-order valence-electron chi connectivity index (χ1n) is 10.6. The van der Waals surface area contributed by atoms with Gasteiger partial charge in [0.15, 0.2) is 5.16 Å². The highest BCUT2D eigenvalue weighted by molar-refractivity contribution is 7.99. The quantitative estimate of drug-likeness (QED) is 0.380. The van der Waals surface area contributed by atoms with Gasteiger partial charge >= 0.3 is 0 Å². The van der Waals surface area contributed by atoms with Crippen LogP contribution in [0, 0.1) is 6.92 Å². The van der Waals surface area contributed by atoms with Crippen LogP contribution in [0.1, 0.15) is 24.0 Å². The third-order valence-corrected chi connectivity index (χ3v) is 6.78. The van der Waals surface area contributed by atoms with Gasteiger partial charge in [0.25, 0.3) is 5.56 Å². The first-order valence-corrected chi connectivity index (χ1v) is 12.0. The average Bonchev–Trinajstić information content (AvgIpc) is 3.29. The van der Waals surface area contributed by atoms with Crippen LogP contribution in [0.25, 0.3) is 10.9 Å². The topological polar surface area (TPSA) is 64.4 Å². The van der Waals surface area contributed by atoms with Crippen molar-refractivity contribution in [3.8, 4) is 0 Å². The maximum atomic E-state index is 13.2. The summed E-state index contributed by atoms with van der Waals surface area (Å²) in [5.74, 6) is 0.159. The zero-order valence-electron chi connectivity index (χ0n) is 18.2. The van der Waals surface area contributed by atoms with Crippen molar-refractivity contribution >= 4 is 40.2 Å². The van der Waals surface area contributed by atoms with E-state index in [0.29, 0.717) is 40.8 Å². The molecule has 168 valence electrons. The highest BCUT2D eigenvalue weighted by Crippen LogP contribution is 2.23. The zero-order chi connectivity index (χ0) is 22.7. The molecule has 2 aromatic carbocycles. The molecule has 1 aliphatic rings. The summed E-state index contributed by atoms with van der Waals surface area (Å²) < 4.78 is 7.39. The minimum absolute atomic E-state index is 0.0153. The van der Waals surface area contributed by atoms with Crippen molar-refractivity contribution < 1.29 is 9.53 Å². The van der Waals surface area contributed by atoms with Crippen molar-refractivity contribution in [1.29, 1.82) is 0 Å². The second-order valence-corrected chi connectivity index (χ2v) is 9.51. The van der Waals surface area contributed by atoms with E-state index >= 15 is 0 Å². The number of rotatable bonds is 7. The third-order valence-electron chi connectivity index (χ3n) is 5.58. The Labute approximate surface area is 196 Å². The Bertz CT molecular complexity index is 1170. The van der Waals surface area contributed by atoms with Gasteiger partial charge in [0.05, 0.1) is 29.3 Å². The largest absolute Gasteiger partial charge is 0.376 e. The van der Waals surface area contributed by atoms with Crippen molar-refractivity contribution in [3.05, 3.63) is 69.0 Å². The minimum Gasteiger partial charge on any atom is -0.376 e. The number of amides is 1. The summed E-state index contributed by atoms with van der Waals surface area (Å²) in [6.07, 6.45) is 1.88. The van der Waals surface area contributed by atoms with Gasteiger partial charge in [0, 0.05) is 25.2 Å². The number of benzene rings is 2. The van der Waals surface area contributed by atoms with Crippen LogP contribution >= 0.6 is 23.4 Å². The summed E-state index contributed by atoms with van der Waals surface area (Å²) in [6.45, 7) is 3.71. The summed E-state index contributed by atoms with van der Waals surface area (Å²) in [5.41, 5.74) is 2.66. The molecule has 1 aliphatic heterocycles. The first kappa shape index (κ1) is 22.8. The van der Waals surface area contributed by atoms with Crippen molar-refractivity contribution in [1.82, 2.24) is 14.5 Å². The minimum atomic E-state index is -0.134. The fraction of sp³-hybridized carbons (Fsp3) is 0.375.